The number of amides is 2. The quantitative estimate of drug-likeness (QED) is 0.148. The van der Waals surface area contributed by atoms with Crippen LogP contribution in [0.2, 0.25) is 5.02 Å². The Morgan fingerprint density at radius 2 is 1.70 bits per heavy atom. The van der Waals surface area contributed by atoms with Crippen molar-refractivity contribution in [1.82, 2.24) is 25.1 Å². The van der Waals surface area contributed by atoms with Crippen molar-refractivity contribution in [3.05, 3.63) is 70.6 Å². The highest BCUT2D eigenvalue weighted by molar-refractivity contribution is 7.94. The molecule has 0 bridgehead atoms. The number of hydrogen-bond acceptors (Lipinski definition) is 7. The van der Waals surface area contributed by atoms with E-state index >= 15 is 0 Å². The maximum absolute atomic E-state index is 13.2. The minimum Gasteiger partial charge on any atom is -0.482 e. The summed E-state index contributed by atoms with van der Waals surface area (Å²) in [4.78, 5) is 26.5. The Bertz CT molecular complexity index is 1890. The lowest BCUT2D eigenvalue weighted by Crippen LogP contribution is -2.57. The monoisotopic (exact) mass is 685 g/mol. The van der Waals surface area contributed by atoms with E-state index in [2.05, 4.69) is 30.7 Å². The molecule has 0 saturated carbocycles. The van der Waals surface area contributed by atoms with Gasteiger partial charge in [0.25, 0.3) is 5.91 Å². The second kappa shape index (κ2) is 13.2. The van der Waals surface area contributed by atoms with E-state index in [0.29, 0.717) is 22.2 Å². The van der Waals surface area contributed by atoms with Crippen LogP contribution in [0, 0.1) is 6.92 Å². The van der Waals surface area contributed by atoms with Crippen LogP contribution in [-0.2, 0) is 30.4 Å². The van der Waals surface area contributed by atoms with Crippen LogP contribution in [0.15, 0.2) is 48.5 Å². The van der Waals surface area contributed by atoms with Gasteiger partial charge in [-0.25, -0.2) is 12.9 Å². The Kier molecular flexibility index (Phi) is 10.0. The van der Waals surface area contributed by atoms with E-state index in [1.165, 1.54) is 0 Å². The number of aromatic amines is 1. The van der Waals surface area contributed by atoms with Crippen molar-refractivity contribution in [2.75, 3.05) is 16.6 Å². The zero-order valence-electron chi connectivity index (χ0n) is 28.3. The Labute approximate surface area is 281 Å². The molecule has 12 nitrogen and oxygen atoms in total. The molecule has 0 radical (unpaired) electrons. The summed E-state index contributed by atoms with van der Waals surface area (Å²) in [6.07, 6.45) is 0.0356. The normalized spacial score (nSPS) is 13.3. The van der Waals surface area contributed by atoms with Crippen molar-refractivity contribution in [1.29, 1.82) is 0 Å². The molecular weight excluding hydrogens is 642 g/mol. The number of anilines is 2. The number of halogens is 1. The first kappa shape index (κ1) is 35.7. The van der Waals surface area contributed by atoms with E-state index in [-0.39, 0.29) is 29.9 Å². The number of hydrogen-bond donors (Lipinski definition) is 4. The van der Waals surface area contributed by atoms with Crippen LogP contribution < -0.4 is 20.1 Å². The van der Waals surface area contributed by atoms with Gasteiger partial charge in [-0.1, -0.05) is 77.4 Å². The first-order valence-corrected chi connectivity index (χ1v) is 17.3. The zero-order chi connectivity index (χ0) is 34.9. The Morgan fingerprint density at radius 3 is 2.34 bits per heavy atom. The van der Waals surface area contributed by atoms with Gasteiger partial charge in [0.2, 0.25) is 15.9 Å². The van der Waals surface area contributed by atoms with Gasteiger partial charge < -0.3 is 15.4 Å². The van der Waals surface area contributed by atoms with Crippen LogP contribution in [0.25, 0.3) is 5.65 Å². The molecule has 4 N–H and O–H groups in total. The number of nitrogens with zero attached hydrogens (tertiary/aromatic N) is 3. The number of carbonyl (C=O) groups excluding carboxylic acids is 2. The second-order valence-electron chi connectivity index (χ2n) is 13.7. The third-order valence-corrected chi connectivity index (χ3v) is 10.6. The van der Waals surface area contributed by atoms with Crippen molar-refractivity contribution in [2.24, 2.45) is 0 Å². The van der Waals surface area contributed by atoms with Crippen molar-refractivity contribution < 1.29 is 22.7 Å². The van der Waals surface area contributed by atoms with Gasteiger partial charge in [-0.05, 0) is 57.0 Å². The van der Waals surface area contributed by atoms with Crippen LogP contribution >= 0.6 is 11.6 Å². The SMILES string of the molecule is CCC(C(=O)Nc1ccccc1OCC(=O)NC(C)(C)C(C)(C)c1nnc2c(Cl)c(C(C)(C)C)[nH]n12)S(=O)(=O)Nc1cccc(C)c1. The molecular formula is C33H44ClN7O5S. The van der Waals surface area contributed by atoms with Crippen LogP contribution in [0.3, 0.4) is 0 Å². The van der Waals surface area contributed by atoms with E-state index < -0.39 is 38.0 Å². The number of H-pyrrole nitrogens is 1. The third kappa shape index (κ3) is 7.57. The summed E-state index contributed by atoms with van der Waals surface area (Å²) in [5, 5.41) is 16.9. The molecule has 2 aromatic heterocycles. The number of benzene rings is 2. The van der Waals surface area contributed by atoms with Gasteiger partial charge in [0.15, 0.2) is 23.3 Å². The van der Waals surface area contributed by atoms with Crippen molar-refractivity contribution >= 4 is 50.5 Å². The Morgan fingerprint density at radius 1 is 1.02 bits per heavy atom. The molecule has 4 aromatic rings. The molecule has 14 heteroatoms. The van der Waals surface area contributed by atoms with Gasteiger partial charge >= 0.3 is 0 Å². The number of aromatic nitrogens is 4. The molecule has 0 fully saturated rings. The maximum Gasteiger partial charge on any atom is 0.258 e. The van der Waals surface area contributed by atoms with Gasteiger partial charge in [0.1, 0.15) is 10.8 Å². The first-order valence-electron chi connectivity index (χ1n) is 15.3. The molecule has 4 rings (SSSR count). The molecule has 2 heterocycles. The smallest absolute Gasteiger partial charge is 0.258 e. The largest absolute Gasteiger partial charge is 0.482 e. The highest BCUT2D eigenvalue weighted by Crippen LogP contribution is 2.37. The van der Waals surface area contributed by atoms with E-state index in [0.717, 1.165) is 11.3 Å². The lowest BCUT2D eigenvalue weighted by Gasteiger charge is -2.40. The second-order valence-corrected chi connectivity index (χ2v) is 16.0. The Hall–Kier alpha value is -4.10. The molecule has 0 spiro atoms. The number of ether oxygens (including phenoxy) is 1. The third-order valence-electron chi connectivity index (χ3n) is 8.45. The van der Waals surface area contributed by atoms with Crippen LogP contribution in [0.4, 0.5) is 11.4 Å². The minimum atomic E-state index is -4.06. The molecule has 0 aliphatic rings. The maximum atomic E-state index is 13.2. The predicted molar refractivity (Wildman–Crippen MR) is 185 cm³/mol. The molecule has 0 aliphatic heterocycles. The van der Waals surface area contributed by atoms with Gasteiger partial charge in [-0.3, -0.25) is 19.4 Å². The number of fused-ring (bicyclic) bond motifs is 1. The van der Waals surface area contributed by atoms with E-state index in [9.17, 15) is 18.0 Å². The number of sulfonamides is 1. The van der Waals surface area contributed by atoms with E-state index in [1.807, 2.05) is 61.5 Å². The fourth-order valence-electron chi connectivity index (χ4n) is 5.07. The van der Waals surface area contributed by atoms with Crippen molar-refractivity contribution in [3.63, 3.8) is 0 Å². The molecule has 2 amide bonds. The van der Waals surface area contributed by atoms with Crippen LogP contribution in [-0.4, -0.2) is 57.4 Å². The Balaban J connectivity index is 1.45. The van der Waals surface area contributed by atoms with Gasteiger partial charge in [-0.2, -0.15) is 0 Å². The number of aryl methyl sites for hydroxylation is 1. The van der Waals surface area contributed by atoms with E-state index in [4.69, 9.17) is 16.3 Å². The molecule has 0 aliphatic carbocycles. The summed E-state index contributed by atoms with van der Waals surface area (Å²) >= 11 is 6.63. The fourth-order valence-corrected chi connectivity index (χ4v) is 6.89. The first-order chi connectivity index (χ1) is 21.8. The summed E-state index contributed by atoms with van der Waals surface area (Å²) in [7, 11) is -4.06. The highest BCUT2D eigenvalue weighted by Gasteiger charge is 2.44. The summed E-state index contributed by atoms with van der Waals surface area (Å²) in [5.41, 5.74) is 0.997. The molecule has 47 heavy (non-hydrogen) atoms. The topological polar surface area (TPSA) is 160 Å². The van der Waals surface area contributed by atoms with Gasteiger partial charge in [-0.15, -0.1) is 10.2 Å². The lowest BCUT2D eigenvalue weighted by molar-refractivity contribution is -0.125. The molecule has 2 aromatic carbocycles. The van der Waals surface area contributed by atoms with Crippen LogP contribution in [0.1, 0.15) is 78.9 Å². The number of para-hydroxylation sites is 2. The summed E-state index contributed by atoms with van der Waals surface area (Å²) in [5.74, 6) is -0.348. The average Bonchev–Trinajstić information content (AvgIpc) is 3.52. The molecule has 254 valence electrons. The van der Waals surface area contributed by atoms with Gasteiger partial charge in [0, 0.05) is 22.1 Å². The van der Waals surface area contributed by atoms with Crippen molar-refractivity contribution in [3.8, 4) is 5.75 Å². The molecule has 1 unspecified atom stereocenters. The number of rotatable bonds is 12. The van der Waals surface area contributed by atoms with Gasteiger partial charge in [0.05, 0.1) is 11.4 Å². The number of carbonyl (C=O) groups is 2. The molecule has 0 saturated heterocycles. The summed E-state index contributed by atoms with van der Waals surface area (Å²) < 4.78 is 36.4. The highest BCUT2D eigenvalue weighted by atomic mass is 35.5. The zero-order valence-corrected chi connectivity index (χ0v) is 29.9. The van der Waals surface area contributed by atoms with E-state index in [1.54, 1.807) is 53.9 Å². The predicted octanol–water partition coefficient (Wildman–Crippen LogP) is 5.73. The molecule has 1 atom stereocenters. The lowest BCUT2D eigenvalue weighted by atomic mass is 9.73. The summed E-state index contributed by atoms with van der Waals surface area (Å²) in [6.45, 7) is 16.9. The fraction of sp³-hybridized carbons (Fsp3) is 0.455. The minimum absolute atomic E-state index is 0.0356. The standard InChI is InChI=1S/C33H44ClN7O5S/c1-10-24(47(44,45)40-21-15-13-14-20(2)18-21)29(43)35-22-16-11-12-17-23(22)46-19-25(42)36-33(8,9)32(6,7)30-38-37-28-26(34)27(31(3,4)5)39-41(28)30/h11-18,24,39-40H,10,19H2,1-9H3,(H,35,43)(H,36,42). The van der Waals surface area contributed by atoms with Crippen LogP contribution in [0.5, 0.6) is 5.75 Å². The average molecular weight is 686 g/mol. The van der Waals surface area contributed by atoms with Crippen molar-refractivity contribution in [2.45, 2.75) is 90.4 Å². The number of nitrogens with one attached hydrogen (secondary N) is 4. The summed E-state index contributed by atoms with van der Waals surface area (Å²) in [6, 6.07) is 13.4.